The molecule has 37 heavy (non-hydrogen) atoms. The third kappa shape index (κ3) is 5.32. The van der Waals surface area contributed by atoms with E-state index in [2.05, 4.69) is 31.5 Å². The van der Waals surface area contributed by atoms with Gasteiger partial charge in [0.2, 0.25) is 0 Å². The molecule has 1 atom stereocenters. The molecule has 190 valence electrons. The van der Waals surface area contributed by atoms with Crippen molar-refractivity contribution in [1.29, 1.82) is 0 Å². The van der Waals surface area contributed by atoms with Crippen LogP contribution >= 0.6 is 15.9 Å². The highest BCUT2D eigenvalue weighted by Gasteiger charge is 2.40. The molecule has 9 heteroatoms. The number of furan rings is 1. The molecule has 0 bridgehead atoms. The largest absolute Gasteiger partial charge is 0.497 e. The lowest BCUT2D eigenvalue weighted by Crippen LogP contribution is -2.35. The van der Waals surface area contributed by atoms with Crippen molar-refractivity contribution in [3.63, 3.8) is 0 Å². The fourth-order valence-electron chi connectivity index (χ4n) is 4.66. The molecule has 0 fully saturated rings. The Morgan fingerprint density at radius 2 is 1.92 bits per heavy atom. The first-order valence-corrected chi connectivity index (χ1v) is 12.7. The fourth-order valence-corrected chi connectivity index (χ4v) is 4.89. The lowest BCUT2D eigenvalue weighted by Gasteiger charge is -2.33. The number of hydrogen-bond acceptors (Lipinski definition) is 7. The van der Waals surface area contributed by atoms with Crippen molar-refractivity contribution >= 4 is 33.4 Å². The summed E-state index contributed by atoms with van der Waals surface area (Å²) in [6, 6.07) is 14.4. The van der Waals surface area contributed by atoms with Crippen molar-refractivity contribution in [1.82, 2.24) is 10.3 Å². The van der Waals surface area contributed by atoms with Gasteiger partial charge in [-0.1, -0.05) is 0 Å². The summed E-state index contributed by atoms with van der Waals surface area (Å²) in [6.07, 6.45) is 3.56. The molecular weight excluding hydrogens is 538 g/mol. The summed E-state index contributed by atoms with van der Waals surface area (Å²) in [5.41, 5.74) is 2.54. The molecule has 0 saturated carbocycles. The van der Waals surface area contributed by atoms with Gasteiger partial charge in [0, 0.05) is 34.1 Å². The normalized spacial score (nSPS) is 17.3. The van der Waals surface area contributed by atoms with Gasteiger partial charge in [0.15, 0.2) is 5.78 Å². The average Bonchev–Trinajstić information content (AvgIpc) is 3.37. The number of carbonyl (C=O) groups excluding carboxylic acids is 2. The number of nitrogens with zero attached hydrogens (tertiary/aromatic N) is 1. The van der Waals surface area contributed by atoms with Crippen LogP contribution in [0.1, 0.15) is 43.6 Å². The molecule has 1 aliphatic heterocycles. The van der Waals surface area contributed by atoms with Crippen molar-refractivity contribution in [3.8, 4) is 11.5 Å². The standard InChI is InChI=1S/C28H26BrN3O5/c1-16-25(28(34)32-24-13-6-17(29)14-30-24)27(26-21(31-16)4-3-5-22(26)33)23-12-11-20(37-23)15-36-19-9-7-18(35-2)8-10-19/h6-14,27,31H,3-5,15H2,1-2H3,(H,30,32,34)/t27-/m1/s1. The van der Waals surface area contributed by atoms with Crippen molar-refractivity contribution in [2.75, 3.05) is 12.4 Å². The van der Waals surface area contributed by atoms with Gasteiger partial charge in [0.1, 0.15) is 35.4 Å². The Labute approximate surface area is 222 Å². The van der Waals surface area contributed by atoms with Gasteiger partial charge < -0.3 is 24.5 Å². The quantitative estimate of drug-likeness (QED) is 0.384. The number of allylic oxidation sites excluding steroid dienone is 3. The summed E-state index contributed by atoms with van der Waals surface area (Å²) in [5.74, 6) is 1.97. The summed E-state index contributed by atoms with van der Waals surface area (Å²) < 4.78 is 18.0. The molecule has 2 aromatic heterocycles. The molecule has 0 spiro atoms. The minimum atomic E-state index is -0.630. The summed E-state index contributed by atoms with van der Waals surface area (Å²) in [4.78, 5) is 30.9. The molecule has 8 nitrogen and oxygen atoms in total. The van der Waals surface area contributed by atoms with Crippen LogP contribution in [0.15, 0.2) is 86.2 Å². The average molecular weight is 564 g/mol. The van der Waals surface area contributed by atoms with E-state index >= 15 is 0 Å². The number of ether oxygens (including phenoxy) is 2. The number of amides is 1. The minimum absolute atomic E-state index is 0.0192. The second-order valence-electron chi connectivity index (χ2n) is 8.85. The van der Waals surface area contributed by atoms with Gasteiger partial charge in [-0.15, -0.1) is 0 Å². The van der Waals surface area contributed by atoms with E-state index in [1.54, 1.807) is 25.4 Å². The van der Waals surface area contributed by atoms with Gasteiger partial charge >= 0.3 is 0 Å². The Kier molecular flexibility index (Phi) is 7.14. The summed E-state index contributed by atoms with van der Waals surface area (Å²) >= 11 is 3.35. The van der Waals surface area contributed by atoms with Crippen molar-refractivity contribution < 1.29 is 23.5 Å². The van der Waals surface area contributed by atoms with E-state index in [4.69, 9.17) is 13.9 Å². The molecule has 2 N–H and O–H groups in total. The lowest BCUT2D eigenvalue weighted by atomic mass is 9.77. The second kappa shape index (κ2) is 10.6. The number of dihydropyridines is 1. The van der Waals surface area contributed by atoms with E-state index in [0.29, 0.717) is 46.4 Å². The minimum Gasteiger partial charge on any atom is -0.497 e. The first-order chi connectivity index (χ1) is 17.9. The zero-order valence-corrected chi connectivity index (χ0v) is 22.1. The van der Waals surface area contributed by atoms with Crippen LogP contribution in [-0.2, 0) is 16.2 Å². The van der Waals surface area contributed by atoms with Crippen LogP contribution in [0.5, 0.6) is 11.5 Å². The second-order valence-corrected chi connectivity index (χ2v) is 9.77. The monoisotopic (exact) mass is 563 g/mol. The zero-order valence-electron chi connectivity index (χ0n) is 20.5. The highest BCUT2D eigenvalue weighted by Crippen LogP contribution is 2.43. The van der Waals surface area contributed by atoms with E-state index in [0.717, 1.165) is 28.8 Å². The molecule has 0 radical (unpaired) electrons. The number of carbonyl (C=O) groups is 2. The molecule has 5 rings (SSSR count). The number of ketones is 1. The number of nitrogens with one attached hydrogen (secondary N) is 2. The van der Waals surface area contributed by atoms with Crippen LogP contribution < -0.4 is 20.1 Å². The number of rotatable bonds is 7. The van der Waals surface area contributed by atoms with Crippen molar-refractivity contribution in [3.05, 3.63) is 93.3 Å². The molecule has 1 aliphatic carbocycles. The smallest absolute Gasteiger partial charge is 0.255 e. The van der Waals surface area contributed by atoms with Gasteiger partial charge in [-0.2, -0.15) is 0 Å². The maximum absolute atomic E-state index is 13.5. The number of benzene rings is 1. The number of aromatic nitrogens is 1. The van der Waals surface area contributed by atoms with Gasteiger partial charge in [-0.25, -0.2) is 4.98 Å². The van der Waals surface area contributed by atoms with E-state index in [-0.39, 0.29) is 18.3 Å². The predicted octanol–water partition coefficient (Wildman–Crippen LogP) is 5.63. The number of anilines is 1. The molecule has 0 saturated heterocycles. The van der Waals surface area contributed by atoms with E-state index in [1.807, 2.05) is 43.3 Å². The Balaban J connectivity index is 1.43. The van der Waals surface area contributed by atoms with Crippen LogP contribution in [0.4, 0.5) is 5.82 Å². The first-order valence-electron chi connectivity index (χ1n) is 12.0. The Bertz CT molecular complexity index is 1390. The van der Waals surface area contributed by atoms with Gasteiger partial charge in [-0.3, -0.25) is 9.59 Å². The lowest BCUT2D eigenvalue weighted by molar-refractivity contribution is -0.116. The molecule has 0 unspecified atom stereocenters. The van der Waals surface area contributed by atoms with Crippen LogP contribution in [0.3, 0.4) is 0 Å². The number of hydrogen-bond donors (Lipinski definition) is 2. The SMILES string of the molecule is COc1ccc(OCc2ccc([C@@H]3C(C(=O)Nc4ccc(Br)cn4)=C(C)NC4=C3C(=O)CCC4)o2)cc1. The first kappa shape index (κ1) is 24.8. The van der Waals surface area contributed by atoms with Crippen LogP contribution in [-0.4, -0.2) is 23.8 Å². The van der Waals surface area contributed by atoms with E-state index < -0.39 is 5.92 Å². The summed E-state index contributed by atoms with van der Waals surface area (Å²) in [7, 11) is 1.61. The van der Waals surface area contributed by atoms with Gasteiger partial charge in [0.25, 0.3) is 5.91 Å². The number of methoxy groups -OCH3 is 1. The van der Waals surface area contributed by atoms with E-state index in [1.165, 1.54) is 0 Å². The third-order valence-corrected chi connectivity index (χ3v) is 6.87. The summed E-state index contributed by atoms with van der Waals surface area (Å²) in [5, 5.41) is 6.17. The highest BCUT2D eigenvalue weighted by atomic mass is 79.9. The molecule has 3 aromatic rings. The molecule has 2 aliphatic rings. The number of Topliss-reactive ketones (excluding diaryl/α,β-unsaturated/α-hetero) is 1. The van der Waals surface area contributed by atoms with Gasteiger partial charge in [-0.05, 0) is 84.2 Å². The maximum atomic E-state index is 13.5. The van der Waals surface area contributed by atoms with E-state index in [9.17, 15) is 9.59 Å². The van der Waals surface area contributed by atoms with Crippen molar-refractivity contribution in [2.45, 2.75) is 38.7 Å². The predicted molar refractivity (Wildman–Crippen MR) is 141 cm³/mol. The maximum Gasteiger partial charge on any atom is 0.255 e. The third-order valence-electron chi connectivity index (χ3n) is 6.40. The van der Waals surface area contributed by atoms with Crippen molar-refractivity contribution in [2.24, 2.45) is 0 Å². The zero-order chi connectivity index (χ0) is 25.9. The number of halogens is 1. The Morgan fingerprint density at radius 3 is 2.65 bits per heavy atom. The fraction of sp³-hybridized carbons (Fsp3) is 0.250. The summed E-state index contributed by atoms with van der Waals surface area (Å²) in [6.45, 7) is 2.04. The molecule has 1 aromatic carbocycles. The van der Waals surface area contributed by atoms with Gasteiger partial charge in [0.05, 0.1) is 18.6 Å². The Morgan fingerprint density at radius 1 is 1.14 bits per heavy atom. The molecule has 1 amide bonds. The Hall–Kier alpha value is -3.85. The molecular formula is C28H26BrN3O5. The topological polar surface area (TPSA) is 103 Å². The van der Waals surface area contributed by atoms with Crippen LogP contribution in [0, 0.1) is 0 Å². The van der Waals surface area contributed by atoms with Crippen LogP contribution in [0.25, 0.3) is 0 Å². The number of pyridine rings is 1. The molecule has 3 heterocycles. The van der Waals surface area contributed by atoms with Crippen LogP contribution in [0.2, 0.25) is 0 Å². The highest BCUT2D eigenvalue weighted by molar-refractivity contribution is 9.10.